The number of carbonyl (C=O) groups is 1. The zero-order valence-electron chi connectivity index (χ0n) is 9.77. The maximum atomic E-state index is 11.7. The molecule has 0 aromatic heterocycles. The van der Waals surface area contributed by atoms with Crippen LogP contribution < -0.4 is 16.0 Å². The van der Waals surface area contributed by atoms with Gasteiger partial charge >= 0.3 is 6.03 Å². The van der Waals surface area contributed by atoms with Crippen molar-refractivity contribution in [3.8, 4) is 0 Å². The van der Waals surface area contributed by atoms with Crippen molar-refractivity contribution in [1.82, 2.24) is 10.6 Å². The highest BCUT2D eigenvalue weighted by Gasteiger charge is 2.27. The number of anilines is 1. The number of urea groups is 1. The van der Waals surface area contributed by atoms with Gasteiger partial charge in [-0.1, -0.05) is 18.2 Å². The molecule has 0 aliphatic carbocycles. The molecule has 1 saturated heterocycles. The fraction of sp³-hybridized carbons (Fsp3) is 0.417. The zero-order chi connectivity index (χ0) is 12.1. The van der Waals surface area contributed by atoms with E-state index >= 15 is 0 Å². The Labute approximate surface area is 101 Å². The molecule has 5 heteroatoms. The molecule has 0 radical (unpaired) electrons. The number of carbonyl (C=O) groups excluding carboxylic acids is 1. The molecule has 1 fully saturated rings. The number of benzene rings is 1. The highest BCUT2D eigenvalue weighted by molar-refractivity contribution is 5.89. The first-order valence-corrected chi connectivity index (χ1v) is 5.65. The van der Waals surface area contributed by atoms with E-state index < -0.39 is 0 Å². The topological polar surface area (TPSA) is 62.4 Å². The molecule has 92 valence electrons. The summed E-state index contributed by atoms with van der Waals surface area (Å²) in [7, 11) is 1.65. The summed E-state index contributed by atoms with van der Waals surface area (Å²) in [4.78, 5) is 11.7. The fourth-order valence-electron chi connectivity index (χ4n) is 1.90. The molecular formula is C12H17N3O2. The average Bonchev–Trinajstić information content (AvgIpc) is 2.77. The standard InChI is InChI=1S/C12H17N3O2/c1-17-11-8-13-7-10(11)15-12(16)14-9-5-3-2-4-6-9/h2-6,10-11,13H,7-8H2,1H3,(H2,14,15,16)/t10?,11-/m1/s1. The lowest BCUT2D eigenvalue weighted by atomic mass is 10.2. The summed E-state index contributed by atoms with van der Waals surface area (Å²) < 4.78 is 5.27. The third-order valence-corrected chi connectivity index (χ3v) is 2.81. The van der Waals surface area contributed by atoms with E-state index in [1.54, 1.807) is 7.11 Å². The van der Waals surface area contributed by atoms with Crippen LogP contribution in [0.1, 0.15) is 0 Å². The number of hydrogen-bond acceptors (Lipinski definition) is 3. The SMILES string of the molecule is CO[C@@H]1CNCC1NC(=O)Nc1ccccc1. The van der Waals surface area contributed by atoms with Crippen LogP contribution in [0.15, 0.2) is 30.3 Å². The molecule has 5 nitrogen and oxygen atoms in total. The molecule has 2 amide bonds. The van der Waals surface area contributed by atoms with Crippen LogP contribution >= 0.6 is 0 Å². The Hall–Kier alpha value is -1.59. The van der Waals surface area contributed by atoms with Gasteiger partial charge in [-0.15, -0.1) is 0 Å². The van der Waals surface area contributed by atoms with Gasteiger partial charge in [0.15, 0.2) is 0 Å². The fourth-order valence-corrected chi connectivity index (χ4v) is 1.90. The van der Waals surface area contributed by atoms with Gasteiger partial charge in [0.05, 0.1) is 12.1 Å². The number of ether oxygens (including phenoxy) is 1. The van der Waals surface area contributed by atoms with Crippen LogP contribution in [0.3, 0.4) is 0 Å². The maximum Gasteiger partial charge on any atom is 0.319 e. The molecule has 1 aliphatic rings. The van der Waals surface area contributed by atoms with Gasteiger partial charge in [-0.25, -0.2) is 4.79 Å². The highest BCUT2D eigenvalue weighted by atomic mass is 16.5. The molecule has 1 aliphatic heterocycles. The van der Waals surface area contributed by atoms with E-state index in [0.29, 0.717) is 0 Å². The summed E-state index contributed by atoms with van der Waals surface area (Å²) in [6.45, 7) is 1.51. The quantitative estimate of drug-likeness (QED) is 0.726. The number of para-hydroxylation sites is 1. The van der Waals surface area contributed by atoms with Gasteiger partial charge in [0.25, 0.3) is 0 Å². The van der Waals surface area contributed by atoms with Crippen LogP contribution in [-0.2, 0) is 4.74 Å². The lowest BCUT2D eigenvalue weighted by molar-refractivity contribution is 0.0991. The minimum Gasteiger partial charge on any atom is -0.378 e. The van der Waals surface area contributed by atoms with Crippen molar-refractivity contribution in [2.75, 3.05) is 25.5 Å². The van der Waals surface area contributed by atoms with Gasteiger partial charge in [-0.2, -0.15) is 0 Å². The van der Waals surface area contributed by atoms with Crippen molar-refractivity contribution in [3.63, 3.8) is 0 Å². The van der Waals surface area contributed by atoms with Crippen LogP contribution in [0, 0.1) is 0 Å². The van der Waals surface area contributed by atoms with E-state index in [9.17, 15) is 4.79 Å². The molecule has 3 N–H and O–H groups in total. The van der Waals surface area contributed by atoms with Crippen LogP contribution in [0.2, 0.25) is 0 Å². The molecule has 17 heavy (non-hydrogen) atoms. The zero-order valence-corrected chi connectivity index (χ0v) is 9.77. The van der Waals surface area contributed by atoms with Crippen molar-refractivity contribution >= 4 is 11.7 Å². The number of nitrogens with one attached hydrogen (secondary N) is 3. The van der Waals surface area contributed by atoms with Gasteiger partial charge in [0.2, 0.25) is 0 Å². The first kappa shape index (κ1) is 11.9. The summed E-state index contributed by atoms with van der Waals surface area (Å²) in [6, 6.07) is 9.18. The highest BCUT2D eigenvalue weighted by Crippen LogP contribution is 2.06. The largest absolute Gasteiger partial charge is 0.378 e. The van der Waals surface area contributed by atoms with E-state index in [-0.39, 0.29) is 18.2 Å². The van der Waals surface area contributed by atoms with Crippen molar-refractivity contribution in [2.24, 2.45) is 0 Å². The van der Waals surface area contributed by atoms with Crippen LogP contribution in [0.4, 0.5) is 10.5 Å². The van der Waals surface area contributed by atoms with Crippen LogP contribution in [0.5, 0.6) is 0 Å². The third kappa shape index (κ3) is 3.18. The second kappa shape index (κ2) is 5.65. The van der Waals surface area contributed by atoms with Gasteiger partial charge in [-0.3, -0.25) is 0 Å². The molecule has 0 spiro atoms. The molecule has 1 aromatic carbocycles. The molecule has 0 bridgehead atoms. The lowest BCUT2D eigenvalue weighted by Crippen LogP contribution is -2.45. The Bertz CT molecular complexity index is 369. The van der Waals surface area contributed by atoms with E-state index in [2.05, 4.69) is 16.0 Å². The van der Waals surface area contributed by atoms with Gasteiger partial charge in [-0.05, 0) is 12.1 Å². The van der Waals surface area contributed by atoms with E-state index in [1.165, 1.54) is 0 Å². The number of rotatable bonds is 3. The smallest absolute Gasteiger partial charge is 0.319 e. The number of amides is 2. The van der Waals surface area contributed by atoms with Crippen molar-refractivity contribution in [3.05, 3.63) is 30.3 Å². The lowest BCUT2D eigenvalue weighted by Gasteiger charge is -2.18. The van der Waals surface area contributed by atoms with Gasteiger partial charge < -0.3 is 20.7 Å². The summed E-state index contributed by atoms with van der Waals surface area (Å²) in [6.07, 6.45) is 0.0384. The molecule has 2 rings (SSSR count). The van der Waals surface area contributed by atoms with E-state index in [4.69, 9.17) is 4.74 Å². The van der Waals surface area contributed by atoms with Crippen LogP contribution in [0.25, 0.3) is 0 Å². The van der Waals surface area contributed by atoms with E-state index in [1.807, 2.05) is 30.3 Å². The summed E-state index contributed by atoms with van der Waals surface area (Å²) in [5, 5.41) is 8.85. The number of hydrogen-bond donors (Lipinski definition) is 3. The van der Waals surface area contributed by atoms with Gasteiger partial charge in [0.1, 0.15) is 0 Å². The van der Waals surface area contributed by atoms with Crippen molar-refractivity contribution in [1.29, 1.82) is 0 Å². The first-order chi connectivity index (χ1) is 8.29. The monoisotopic (exact) mass is 235 g/mol. The Morgan fingerprint density at radius 1 is 1.35 bits per heavy atom. The Morgan fingerprint density at radius 3 is 2.82 bits per heavy atom. The van der Waals surface area contributed by atoms with Crippen molar-refractivity contribution in [2.45, 2.75) is 12.1 Å². The number of methoxy groups -OCH3 is 1. The predicted octanol–water partition coefficient (Wildman–Crippen LogP) is 0.795. The molecule has 0 saturated carbocycles. The Morgan fingerprint density at radius 2 is 2.12 bits per heavy atom. The Kier molecular flexibility index (Phi) is 3.95. The molecule has 1 aromatic rings. The predicted molar refractivity (Wildman–Crippen MR) is 66.1 cm³/mol. The third-order valence-electron chi connectivity index (χ3n) is 2.81. The summed E-state index contributed by atoms with van der Waals surface area (Å²) in [5.41, 5.74) is 0.782. The summed E-state index contributed by atoms with van der Waals surface area (Å²) >= 11 is 0. The molecule has 1 unspecified atom stereocenters. The second-order valence-corrected chi connectivity index (χ2v) is 4.00. The average molecular weight is 235 g/mol. The molecular weight excluding hydrogens is 218 g/mol. The summed E-state index contributed by atoms with van der Waals surface area (Å²) in [5.74, 6) is 0. The molecule has 2 atom stereocenters. The normalized spacial score (nSPS) is 23.4. The molecule has 1 heterocycles. The van der Waals surface area contributed by atoms with Gasteiger partial charge in [0, 0.05) is 25.9 Å². The maximum absolute atomic E-state index is 11.7. The van der Waals surface area contributed by atoms with Crippen molar-refractivity contribution < 1.29 is 9.53 Å². The minimum absolute atomic E-state index is 0.0173. The van der Waals surface area contributed by atoms with Crippen LogP contribution in [-0.4, -0.2) is 38.4 Å². The second-order valence-electron chi connectivity index (χ2n) is 4.00. The minimum atomic E-state index is -0.202. The van der Waals surface area contributed by atoms with E-state index in [0.717, 1.165) is 18.8 Å². The Balaban J connectivity index is 1.85. The first-order valence-electron chi connectivity index (χ1n) is 5.65.